The first kappa shape index (κ1) is 31.2. The number of H-pyrrole nitrogens is 1. The van der Waals surface area contributed by atoms with E-state index in [9.17, 15) is 0 Å². The highest BCUT2D eigenvalue weighted by Gasteiger charge is 2.51. The van der Waals surface area contributed by atoms with Crippen LogP contribution in [0.2, 0.25) is 0 Å². The minimum Gasteiger partial charge on any atom is -0.355 e. The summed E-state index contributed by atoms with van der Waals surface area (Å²) in [7, 11) is 0. The Bertz CT molecular complexity index is 3090. The predicted molar refractivity (Wildman–Crippen MR) is 236 cm³/mol. The first-order valence-electron chi connectivity index (χ1n) is 19.5. The highest BCUT2D eigenvalue weighted by atomic mass is 14.7. The minimum atomic E-state index is -0.359. The van der Waals surface area contributed by atoms with Crippen LogP contribution in [0.3, 0.4) is 0 Å². The van der Waals surface area contributed by atoms with E-state index in [1.54, 1.807) is 0 Å². The summed E-state index contributed by atoms with van der Waals surface area (Å²) in [5.74, 6) is 0. The summed E-state index contributed by atoms with van der Waals surface area (Å²) < 4.78 is 0. The molecule has 0 saturated heterocycles. The molecule has 56 heavy (non-hydrogen) atoms. The van der Waals surface area contributed by atoms with Crippen molar-refractivity contribution in [2.45, 2.75) is 5.41 Å². The molecule has 12 rings (SSSR count). The van der Waals surface area contributed by atoms with Crippen molar-refractivity contribution in [3.63, 3.8) is 0 Å². The standard InChI is InChI=1S/C55H35N.H2/c1-3-14-35(15-4-1)39-30-40(36-16-5-2-6-17-36)32-41(31-39)37-26-28-52-46(33-37)47-34-38(27-29-53(47)56-52)42-21-13-25-51-54(42)45-20-9-12-24-50(45)55(51)48-22-10-7-18-43(48)44-19-8-11-23-49(44)55;/h1-34,56H;1H. The van der Waals surface area contributed by atoms with Crippen molar-refractivity contribution in [3.8, 4) is 66.8 Å². The van der Waals surface area contributed by atoms with E-state index in [-0.39, 0.29) is 6.84 Å². The summed E-state index contributed by atoms with van der Waals surface area (Å²) in [6.07, 6.45) is 0. The van der Waals surface area contributed by atoms with Crippen molar-refractivity contribution < 1.29 is 1.43 Å². The molecule has 0 bridgehead atoms. The molecule has 1 heterocycles. The van der Waals surface area contributed by atoms with E-state index in [0.29, 0.717) is 0 Å². The molecule has 0 saturated carbocycles. The molecule has 2 aliphatic rings. The maximum Gasteiger partial charge on any atom is 0.0725 e. The van der Waals surface area contributed by atoms with Crippen molar-refractivity contribution in [1.82, 2.24) is 4.98 Å². The van der Waals surface area contributed by atoms with Gasteiger partial charge in [0.25, 0.3) is 0 Å². The van der Waals surface area contributed by atoms with Crippen LogP contribution in [0.1, 0.15) is 23.7 Å². The average molecular weight is 712 g/mol. The normalized spacial score (nSPS) is 13.1. The molecule has 1 aromatic heterocycles. The third-order valence-electron chi connectivity index (χ3n) is 12.4. The number of nitrogens with one attached hydrogen (secondary N) is 1. The molecular weight excluding hydrogens is 675 g/mol. The zero-order valence-corrected chi connectivity index (χ0v) is 30.6. The van der Waals surface area contributed by atoms with Gasteiger partial charge in [-0.05, 0) is 131 Å². The molecule has 0 unspecified atom stereocenters. The van der Waals surface area contributed by atoms with Gasteiger partial charge in [-0.3, -0.25) is 0 Å². The van der Waals surface area contributed by atoms with Crippen LogP contribution in [0.5, 0.6) is 0 Å². The van der Waals surface area contributed by atoms with E-state index in [1.165, 1.54) is 99.8 Å². The van der Waals surface area contributed by atoms with Crippen molar-refractivity contribution in [2.75, 3.05) is 0 Å². The van der Waals surface area contributed by atoms with Gasteiger partial charge < -0.3 is 4.98 Å². The smallest absolute Gasteiger partial charge is 0.0725 e. The Balaban J connectivity index is 0.00000374. The van der Waals surface area contributed by atoms with Gasteiger partial charge in [-0.2, -0.15) is 0 Å². The van der Waals surface area contributed by atoms with Crippen LogP contribution in [0, 0.1) is 0 Å². The number of benzene rings is 9. The fourth-order valence-electron chi connectivity index (χ4n) is 10.0. The fraction of sp³-hybridized carbons (Fsp3) is 0.0182. The quantitative estimate of drug-likeness (QED) is 0.187. The van der Waals surface area contributed by atoms with E-state index in [4.69, 9.17) is 0 Å². The summed E-state index contributed by atoms with van der Waals surface area (Å²) in [6.45, 7) is 0. The van der Waals surface area contributed by atoms with Crippen LogP contribution in [0.4, 0.5) is 0 Å². The topological polar surface area (TPSA) is 15.8 Å². The Morgan fingerprint density at radius 1 is 0.286 bits per heavy atom. The molecule has 2 aliphatic carbocycles. The summed E-state index contributed by atoms with van der Waals surface area (Å²) in [6, 6.07) is 76.4. The van der Waals surface area contributed by atoms with E-state index in [0.717, 1.165) is 11.0 Å². The van der Waals surface area contributed by atoms with Gasteiger partial charge >= 0.3 is 0 Å². The number of hydrogen-bond donors (Lipinski definition) is 1. The monoisotopic (exact) mass is 711 g/mol. The van der Waals surface area contributed by atoms with Gasteiger partial charge in [-0.15, -0.1) is 0 Å². The third-order valence-corrected chi connectivity index (χ3v) is 12.4. The van der Waals surface area contributed by atoms with Gasteiger partial charge in [0.1, 0.15) is 0 Å². The summed E-state index contributed by atoms with van der Waals surface area (Å²) in [5.41, 5.74) is 22.5. The zero-order chi connectivity index (χ0) is 36.8. The van der Waals surface area contributed by atoms with Crippen molar-refractivity contribution in [3.05, 3.63) is 229 Å². The van der Waals surface area contributed by atoms with E-state index in [1.807, 2.05) is 0 Å². The fourth-order valence-corrected chi connectivity index (χ4v) is 10.0. The molecule has 0 fully saturated rings. The number of aromatic nitrogens is 1. The Hall–Kier alpha value is -7.22. The molecule has 1 N–H and O–H groups in total. The molecule has 0 amide bonds. The lowest BCUT2D eigenvalue weighted by Crippen LogP contribution is -2.25. The largest absolute Gasteiger partial charge is 0.355 e. The first-order valence-corrected chi connectivity index (χ1v) is 19.5. The molecule has 0 atom stereocenters. The molecule has 1 heteroatoms. The van der Waals surface area contributed by atoms with Crippen molar-refractivity contribution in [1.29, 1.82) is 0 Å². The molecule has 9 aromatic carbocycles. The highest BCUT2D eigenvalue weighted by Crippen LogP contribution is 2.64. The van der Waals surface area contributed by atoms with Gasteiger partial charge in [0.2, 0.25) is 0 Å². The average Bonchev–Trinajstić information content (AvgIpc) is 3.90. The number of rotatable bonds is 4. The van der Waals surface area contributed by atoms with Crippen LogP contribution in [0.15, 0.2) is 206 Å². The van der Waals surface area contributed by atoms with E-state index < -0.39 is 0 Å². The number of fused-ring (bicyclic) bond motifs is 13. The van der Waals surface area contributed by atoms with Crippen LogP contribution < -0.4 is 0 Å². The maximum absolute atomic E-state index is 3.74. The van der Waals surface area contributed by atoms with Gasteiger partial charge in [-0.25, -0.2) is 0 Å². The first-order chi connectivity index (χ1) is 27.8. The molecule has 1 spiro atoms. The summed E-state index contributed by atoms with van der Waals surface area (Å²) >= 11 is 0. The van der Waals surface area contributed by atoms with Crippen LogP contribution in [-0.2, 0) is 5.41 Å². The van der Waals surface area contributed by atoms with Gasteiger partial charge in [-0.1, -0.05) is 164 Å². The Morgan fingerprint density at radius 3 is 1.30 bits per heavy atom. The highest BCUT2D eigenvalue weighted by molar-refractivity contribution is 6.11. The van der Waals surface area contributed by atoms with Gasteiger partial charge in [0.15, 0.2) is 0 Å². The van der Waals surface area contributed by atoms with E-state index in [2.05, 4.69) is 211 Å². The number of aromatic amines is 1. The summed E-state index contributed by atoms with van der Waals surface area (Å²) in [4.78, 5) is 3.74. The molecule has 10 aromatic rings. The molecular formula is C55H37N. The maximum atomic E-state index is 3.74. The SMILES string of the molecule is [HH].c1ccc(-c2cc(-c3ccccc3)cc(-c3ccc4[nH]c5ccc(-c6cccc7c6-c6ccccc6C76c7ccccc7-c7ccccc76)cc5c4c3)c2)cc1. The van der Waals surface area contributed by atoms with Crippen LogP contribution in [-0.4, -0.2) is 4.98 Å². The van der Waals surface area contributed by atoms with Gasteiger partial charge in [0, 0.05) is 23.2 Å². The van der Waals surface area contributed by atoms with Gasteiger partial charge in [0.05, 0.1) is 5.41 Å². The molecule has 262 valence electrons. The molecule has 0 aliphatic heterocycles. The Kier molecular flexibility index (Phi) is 6.62. The molecule has 1 nitrogen and oxygen atoms in total. The van der Waals surface area contributed by atoms with Crippen molar-refractivity contribution in [2.24, 2.45) is 0 Å². The second-order valence-corrected chi connectivity index (χ2v) is 15.3. The predicted octanol–water partition coefficient (Wildman–Crippen LogP) is 14.6. The zero-order valence-electron chi connectivity index (χ0n) is 30.6. The van der Waals surface area contributed by atoms with E-state index >= 15 is 0 Å². The lowest BCUT2D eigenvalue weighted by atomic mass is 9.70. The second kappa shape index (κ2) is 11.9. The number of hydrogen-bond acceptors (Lipinski definition) is 0. The summed E-state index contributed by atoms with van der Waals surface area (Å²) in [5, 5.41) is 2.46. The second-order valence-electron chi connectivity index (χ2n) is 15.3. The van der Waals surface area contributed by atoms with Crippen molar-refractivity contribution >= 4 is 21.8 Å². The van der Waals surface area contributed by atoms with Crippen LogP contribution in [0.25, 0.3) is 88.6 Å². The van der Waals surface area contributed by atoms with Crippen LogP contribution >= 0.6 is 0 Å². The Morgan fingerprint density at radius 2 is 0.714 bits per heavy atom. The Labute approximate surface area is 327 Å². The third kappa shape index (κ3) is 4.37. The lowest BCUT2D eigenvalue weighted by molar-refractivity contribution is 0.794. The lowest BCUT2D eigenvalue weighted by Gasteiger charge is -2.30. The molecule has 0 radical (unpaired) electrons. The minimum absolute atomic E-state index is 0.